The van der Waals surface area contributed by atoms with Crippen LogP contribution in [0.25, 0.3) is 0 Å². The molecule has 0 radical (unpaired) electrons. The molecule has 0 aliphatic carbocycles. The van der Waals surface area contributed by atoms with Crippen LogP contribution in [0.15, 0.2) is 12.4 Å². The highest BCUT2D eigenvalue weighted by molar-refractivity contribution is 5.73. The lowest BCUT2D eigenvalue weighted by molar-refractivity contribution is -0.192. The van der Waals surface area contributed by atoms with Crippen LogP contribution in [0.3, 0.4) is 0 Å². The van der Waals surface area contributed by atoms with E-state index in [1.54, 1.807) is 6.20 Å². The largest absolute Gasteiger partial charge is 0.490 e. The average Bonchev–Trinajstić information content (AvgIpc) is 2.92. The van der Waals surface area contributed by atoms with E-state index < -0.39 is 12.1 Å². The number of nitrogens with one attached hydrogen (secondary N) is 1. The summed E-state index contributed by atoms with van der Waals surface area (Å²) in [5, 5.41) is 10.7. The Labute approximate surface area is 150 Å². The number of aliphatic carboxylic acids is 1. The Morgan fingerprint density at radius 1 is 1.27 bits per heavy atom. The van der Waals surface area contributed by atoms with E-state index in [0.29, 0.717) is 24.1 Å². The Hall–Kier alpha value is -1.90. The number of carbonyl (C=O) groups is 1. The molecule has 2 saturated heterocycles. The molecule has 1 aromatic heterocycles. The number of alkyl halides is 3. The van der Waals surface area contributed by atoms with Crippen molar-refractivity contribution in [1.82, 2.24) is 15.3 Å². The Morgan fingerprint density at radius 2 is 1.88 bits per heavy atom. The molecule has 2 fully saturated rings. The van der Waals surface area contributed by atoms with Gasteiger partial charge in [0.15, 0.2) is 0 Å². The van der Waals surface area contributed by atoms with Gasteiger partial charge in [-0.25, -0.2) is 9.78 Å². The van der Waals surface area contributed by atoms with Crippen LogP contribution in [0.2, 0.25) is 0 Å². The normalized spacial score (nSPS) is 24.5. The number of hydrogen-bond acceptors (Lipinski definition) is 5. The molecular formula is C17H24F3N3O3. The summed E-state index contributed by atoms with van der Waals surface area (Å²) in [5.74, 6) is -2.07. The molecule has 3 atom stereocenters. The highest BCUT2D eigenvalue weighted by atomic mass is 19.4. The zero-order chi connectivity index (χ0) is 19.2. The Morgan fingerprint density at radius 3 is 2.35 bits per heavy atom. The molecule has 3 heterocycles. The molecule has 0 unspecified atom stereocenters. The van der Waals surface area contributed by atoms with E-state index in [9.17, 15) is 13.2 Å². The zero-order valence-electron chi connectivity index (χ0n) is 14.6. The maximum atomic E-state index is 10.6. The van der Waals surface area contributed by atoms with Crippen molar-refractivity contribution in [1.29, 1.82) is 0 Å². The first-order chi connectivity index (χ1) is 12.3. The van der Waals surface area contributed by atoms with E-state index in [-0.39, 0.29) is 0 Å². The van der Waals surface area contributed by atoms with Crippen LogP contribution in [0, 0.1) is 0 Å². The van der Waals surface area contributed by atoms with Crippen LogP contribution in [0.4, 0.5) is 13.2 Å². The number of carboxylic acids is 1. The first-order valence-electron chi connectivity index (χ1n) is 8.81. The Bertz CT molecular complexity index is 569. The van der Waals surface area contributed by atoms with Crippen molar-refractivity contribution >= 4 is 5.97 Å². The lowest BCUT2D eigenvalue weighted by Gasteiger charge is -2.28. The summed E-state index contributed by atoms with van der Waals surface area (Å²) in [4.78, 5) is 17.7. The fourth-order valence-corrected chi connectivity index (χ4v) is 3.16. The predicted octanol–water partition coefficient (Wildman–Crippen LogP) is 3.11. The van der Waals surface area contributed by atoms with Gasteiger partial charge in [-0.3, -0.25) is 4.98 Å². The fraction of sp³-hybridized carbons (Fsp3) is 0.706. The number of hydrogen-bond donors (Lipinski definition) is 2. The van der Waals surface area contributed by atoms with Gasteiger partial charge in [0.25, 0.3) is 0 Å². The number of rotatable bonds is 5. The van der Waals surface area contributed by atoms with E-state index in [1.807, 2.05) is 6.20 Å². The van der Waals surface area contributed by atoms with Gasteiger partial charge in [-0.1, -0.05) is 13.3 Å². The van der Waals surface area contributed by atoms with Crippen molar-refractivity contribution in [3.63, 3.8) is 0 Å². The monoisotopic (exact) mass is 375 g/mol. The van der Waals surface area contributed by atoms with E-state index in [1.165, 1.54) is 25.7 Å². The summed E-state index contributed by atoms with van der Waals surface area (Å²) in [6.45, 7) is 2.19. The van der Waals surface area contributed by atoms with Gasteiger partial charge >= 0.3 is 12.1 Å². The molecule has 146 valence electrons. The second-order valence-corrected chi connectivity index (χ2v) is 6.60. The number of aryl methyl sites for hydroxylation is 1. The quantitative estimate of drug-likeness (QED) is 0.823. The Kier molecular flexibility index (Phi) is 7.19. The summed E-state index contributed by atoms with van der Waals surface area (Å²) in [7, 11) is 0. The lowest BCUT2D eigenvalue weighted by Crippen LogP contribution is -2.42. The van der Waals surface area contributed by atoms with Crippen LogP contribution in [-0.4, -0.2) is 45.4 Å². The number of piperidine rings is 1. The molecule has 9 heteroatoms. The van der Waals surface area contributed by atoms with Gasteiger partial charge in [-0.05, 0) is 38.5 Å². The van der Waals surface area contributed by atoms with Crippen molar-refractivity contribution in [2.45, 2.75) is 76.2 Å². The number of nitrogens with zero attached hydrogens (tertiary/aromatic N) is 2. The van der Waals surface area contributed by atoms with Gasteiger partial charge in [0.05, 0.1) is 18.1 Å². The second-order valence-electron chi connectivity index (χ2n) is 6.60. The third-order valence-electron chi connectivity index (χ3n) is 4.43. The maximum Gasteiger partial charge on any atom is 0.490 e. The molecule has 2 aliphatic heterocycles. The molecular weight excluding hydrogens is 351 g/mol. The Balaban J connectivity index is 0.000000298. The van der Waals surface area contributed by atoms with Gasteiger partial charge in [0, 0.05) is 12.1 Å². The summed E-state index contributed by atoms with van der Waals surface area (Å²) in [6.07, 6.45) is 7.07. The number of halogens is 3. The summed E-state index contributed by atoms with van der Waals surface area (Å²) >= 11 is 0. The van der Waals surface area contributed by atoms with E-state index in [2.05, 4.69) is 22.2 Å². The first-order valence-corrected chi connectivity index (χ1v) is 8.81. The van der Waals surface area contributed by atoms with Crippen LogP contribution in [-0.2, 0) is 11.2 Å². The highest BCUT2D eigenvalue weighted by Gasteiger charge is 2.38. The standard InChI is InChI=1S/C15H23N3O.C2HF3O2/c1-2-3-4-13-9-17-15(10-16-13)19-14-7-11-5-6-12(8-14)18-11;3-2(4,5)1(6)7/h9-12,14,18H,2-8H2,1H3;(H,6,7)/t11-,12+,14-;. The number of unbranched alkanes of at least 4 members (excludes halogenated alkanes) is 1. The van der Waals surface area contributed by atoms with Crippen molar-refractivity contribution in [2.75, 3.05) is 0 Å². The molecule has 2 aliphatic rings. The SMILES string of the molecule is CCCCc1cnc(O[C@@H]2C[C@H]3CC[C@@H](C2)N3)cn1.O=C(O)C(F)(F)F. The molecule has 0 saturated carbocycles. The first kappa shape index (κ1) is 20.4. The second kappa shape index (κ2) is 9.16. The van der Waals surface area contributed by atoms with Crippen LogP contribution >= 0.6 is 0 Å². The van der Waals surface area contributed by atoms with Crippen LogP contribution in [0.5, 0.6) is 5.88 Å². The number of ether oxygens (including phenoxy) is 1. The van der Waals surface area contributed by atoms with Gasteiger partial charge < -0.3 is 15.2 Å². The highest BCUT2D eigenvalue weighted by Crippen LogP contribution is 2.29. The van der Waals surface area contributed by atoms with Crippen molar-refractivity contribution < 1.29 is 27.8 Å². The van der Waals surface area contributed by atoms with Crippen LogP contribution < -0.4 is 10.1 Å². The van der Waals surface area contributed by atoms with Gasteiger partial charge in [-0.15, -0.1) is 0 Å². The maximum absolute atomic E-state index is 10.6. The minimum Gasteiger partial charge on any atom is -0.475 e. The molecule has 3 rings (SSSR count). The third-order valence-corrected chi connectivity index (χ3v) is 4.43. The minimum absolute atomic E-state index is 0.314. The third kappa shape index (κ3) is 6.44. The van der Waals surface area contributed by atoms with Crippen molar-refractivity contribution in [3.8, 4) is 5.88 Å². The number of fused-ring (bicyclic) bond motifs is 2. The fourth-order valence-electron chi connectivity index (χ4n) is 3.16. The van der Waals surface area contributed by atoms with E-state index >= 15 is 0 Å². The molecule has 2 bridgehead atoms. The molecule has 0 spiro atoms. The number of carboxylic acid groups (broad SMARTS) is 1. The molecule has 2 N–H and O–H groups in total. The predicted molar refractivity (Wildman–Crippen MR) is 87.9 cm³/mol. The molecule has 6 nitrogen and oxygen atoms in total. The average molecular weight is 375 g/mol. The molecule has 0 aromatic carbocycles. The van der Waals surface area contributed by atoms with Gasteiger partial charge in [0.2, 0.25) is 5.88 Å². The number of aromatic nitrogens is 2. The molecule has 26 heavy (non-hydrogen) atoms. The van der Waals surface area contributed by atoms with Gasteiger partial charge in [0.1, 0.15) is 6.10 Å². The van der Waals surface area contributed by atoms with Gasteiger partial charge in [-0.2, -0.15) is 13.2 Å². The van der Waals surface area contributed by atoms with Crippen molar-refractivity contribution in [2.24, 2.45) is 0 Å². The van der Waals surface area contributed by atoms with Crippen LogP contribution in [0.1, 0.15) is 51.1 Å². The molecule has 0 amide bonds. The van der Waals surface area contributed by atoms with E-state index in [0.717, 1.165) is 25.0 Å². The molecule has 1 aromatic rings. The summed E-state index contributed by atoms with van der Waals surface area (Å²) in [5.41, 5.74) is 1.07. The zero-order valence-corrected chi connectivity index (χ0v) is 14.6. The van der Waals surface area contributed by atoms with Crippen molar-refractivity contribution in [3.05, 3.63) is 18.1 Å². The summed E-state index contributed by atoms with van der Waals surface area (Å²) in [6, 6.07) is 1.31. The minimum atomic E-state index is -5.08. The summed E-state index contributed by atoms with van der Waals surface area (Å²) < 4.78 is 37.7. The smallest absolute Gasteiger partial charge is 0.475 e. The topological polar surface area (TPSA) is 84.3 Å². The lowest BCUT2D eigenvalue weighted by atomic mass is 10.0. The van der Waals surface area contributed by atoms with E-state index in [4.69, 9.17) is 14.6 Å².